The number of rotatable bonds is 3. The summed E-state index contributed by atoms with van der Waals surface area (Å²) in [6.45, 7) is 2.30. The number of aromatic amines is 1. The Morgan fingerprint density at radius 1 is 1.52 bits per heavy atom. The van der Waals surface area contributed by atoms with Gasteiger partial charge in [-0.25, -0.2) is 0 Å². The van der Waals surface area contributed by atoms with Gasteiger partial charge in [0.15, 0.2) is 0 Å². The molecule has 21 heavy (non-hydrogen) atoms. The van der Waals surface area contributed by atoms with E-state index in [9.17, 15) is 14.7 Å². The van der Waals surface area contributed by atoms with Crippen LogP contribution in [0.4, 0.5) is 0 Å². The van der Waals surface area contributed by atoms with Crippen molar-refractivity contribution in [3.8, 4) is 11.3 Å². The highest BCUT2D eigenvalue weighted by molar-refractivity contribution is 5.94. The molecule has 7 nitrogen and oxygen atoms in total. The highest BCUT2D eigenvalue weighted by atomic mass is 16.4. The summed E-state index contributed by atoms with van der Waals surface area (Å²) < 4.78 is 4.98. The second kappa shape index (κ2) is 4.76. The Kier molecular flexibility index (Phi) is 3.04. The summed E-state index contributed by atoms with van der Waals surface area (Å²) in [7, 11) is 0. The van der Waals surface area contributed by atoms with Gasteiger partial charge in [0.2, 0.25) is 0 Å². The number of carboxylic acid groups (broad SMARTS) is 1. The van der Waals surface area contributed by atoms with Gasteiger partial charge in [-0.3, -0.25) is 14.7 Å². The maximum absolute atomic E-state index is 12.4. The lowest BCUT2D eigenvalue weighted by atomic mass is 9.90. The Morgan fingerprint density at radius 2 is 2.33 bits per heavy atom. The van der Waals surface area contributed by atoms with Gasteiger partial charge in [-0.15, -0.1) is 0 Å². The smallest absolute Gasteiger partial charge is 0.311 e. The third-order valence-corrected chi connectivity index (χ3v) is 3.90. The van der Waals surface area contributed by atoms with Crippen LogP contribution >= 0.6 is 0 Å². The van der Waals surface area contributed by atoms with Crippen molar-refractivity contribution in [1.82, 2.24) is 15.1 Å². The van der Waals surface area contributed by atoms with Gasteiger partial charge in [-0.2, -0.15) is 5.10 Å². The van der Waals surface area contributed by atoms with Crippen molar-refractivity contribution in [2.24, 2.45) is 5.41 Å². The number of likely N-dealkylation sites (tertiary alicyclic amines) is 1. The molecule has 0 spiro atoms. The predicted octanol–water partition coefficient (Wildman–Crippen LogP) is 1.61. The molecule has 1 atom stereocenters. The number of aliphatic carboxylic acids is 1. The Hall–Kier alpha value is -2.57. The molecule has 3 heterocycles. The molecular weight excluding hydrogens is 274 g/mol. The zero-order valence-electron chi connectivity index (χ0n) is 11.5. The molecule has 2 aromatic heterocycles. The number of furan rings is 1. The summed E-state index contributed by atoms with van der Waals surface area (Å²) in [5.41, 5.74) is 0.874. The number of carboxylic acids is 1. The van der Waals surface area contributed by atoms with Crippen LogP contribution in [0.5, 0.6) is 0 Å². The van der Waals surface area contributed by atoms with Crippen LogP contribution in [0.2, 0.25) is 0 Å². The zero-order chi connectivity index (χ0) is 15.0. The van der Waals surface area contributed by atoms with Gasteiger partial charge in [0.05, 0.1) is 23.6 Å². The molecule has 0 radical (unpaired) electrons. The molecule has 1 amide bonds. The van der Waals surface area contributed by atoms with Gasteiger partial charge >= 0.3 is 5.97 Å². The third kappa shape index (κ3) is 2.31. The van der Waals surface area contributed by atoms with E-state index in [-0.39, 0.29) is 12.5 Å². The lowest BCUT2D eigenvalue weighted by Crippen LogP contribution is -2.35. The van der Waals surface area contributed by atoms with Crippen LogP contribution in [0.25, 0.3) is 11.3 Å². The SMILES string of the molecule is CC1(C(=O)O)CCN(C(=O)c2cc(-c3ccoc3)n[nH]2)C1. The van der Waals surface area contributed by atoms with Crippen LogP contribution in [-0.4, -0.2) is 45.2 Å². The Morgan fingerprint density at radius 3 is 2.95 bits per heavy atom. The predicted molar refractivity (Wildman–Crippen MR) is 72.6 cm³/mol. The second-order valence-electron chi connectivity index (χ2n) is 5.52. The lowest BCUT2D eigenvalue weighted by molar-refractivity contribution is -0.147. The number of amides is 1. The largest absolute Gasteiger partial charge is 0.481 e. The first-order valence-corrected chi connectivity index (χ1v) is 6.60. The molecule has 1 aliphatic rings. The summed E-state index contributed by atoms with van der Waals surface area (Å²) in [4.78, 5) is 25.1. The number of carbonyl (C=O) groups excluding carboxylic acids is 1. The van der Waals surface area contributed by atoms with Crippen molar-refractivity contribution >= 4 is 11.9 Å². The molecule has 3 rings (SSSR count). The van der Waals surface area contributed by atoms with Crippen molar-refractivity contribution in [3.63, 3.8) is 0 Å². The van der Waals surface area contributed by atoms with Gasteiger partial charge < -0.3 is 14.4 Å². The molecule has 2 N–H and O–H groups in total. The fourth-order valence-electron chi connectivity index (χ4n) is 2.47. The standard InChI is InChI=1S/C14H15N3O4/c1-14(13(19)20)3-4-17(8-14)12(18)11-6-10(15-16-11)9-2-5-21-7-9/h2,5-7H,3-4,8H2,1H3,(H,15,16)(H,19,20). The average Bonchev–Trinajstić information content (AvgIpc) is 3.18. The van der Waals surface area contributed by atoms with Crippen LogP contribution in [-0.2, 0) is 4.79 Å². The molecule has 0 saturated carbocycles. The fraction of sp³-hybridized carbons (Fsp3) is 0.357. The molecule has 110 valence electrons. The van der Waals surface area contributed by atoms with E-state index in [2.05, 4.69) is 10.2 Å². The maximum Gasteiger partial charge on any atom is 0.311 e. The molecule has 0 aliphatic carbocycles. The highest BCUT2D eigenvalue weighted by Crippen LogP contribution is 2.31. The monoisotopic (exact) mass is 289 g/mol. The first kappa shape index (κ1) is 13.4. The Bertz CT molecular complexity index is 676. The number of H-pyrrole nitrogens is 1. The molecular formula is C14H15N3O4. The summed E-state index contributed by atoms with van der Waals surface area (Å²) in [5.74, 6) is -1.11. The van der Waals surface area contributed by atoms with E-state index in [1.54, 1.807) is 30.2 Å². The van der Waals surface area contributed by atoms with Crippen LogP contribution in [0.1, 0.15) is 23.8 Å². The van der Waals surface area contributed by atoms with Gasteiger partial charge in [0, 0.05) is 18.7 Å². The summed E-state index contributed by atoms with van der Waals surface area (Å²) in [5, 5.41) is 16.0. The van der Waals surface area contributed by atoms with Crippen molar-refractivity contribution in [3.05, 3.63) is 30.4 Å². The highest BCUT2D eigenvalue weighted by Gasteiger charge is 2.42. The number of nitrogens with one attached hydrogen (secondary N) is 1. The molecule has 0 bridgehead atoms. The molecule has 1 fully saturated rings. The van der Waals surface area contributed by atoms with Gasteiger partial charge in [-0.05, 0) is 25.5 Å². The number of nitrogens with zero attached hydrogens (tertiary/aromatic N) is 2. The molecule has 2 aromatic rings. The van der Waals surface area contributed by atoms with Crippen molar-refractivity contribution < 1.29 is 19.1 Å². The van der Waals surface area contributed by atoms with Gasteiger partial charge in [-0.1, -0.05) is 0 Å². The molecule has 1 unspecified atom stereocenters. The topological polar surface area (TPSA) is 99.4 Å². The number of hydrogen-bond donors (Lipinski definition) is 2. The van der Waals surface area contributed by atoms with Gasteiger partial charge in [0.1, 0.15) is 5.69 Å². The van der Waals surface area contributed by atoms with Crippen LogP contribution in [0.15, 0.2) is 29.1 Å². The van der Waals surface area contributed by atoms with E-state index in [0.717, 1.165) is 5.56 Å². The van der Waals surface area contributed by atoms with E-state index in [1.165, 1.54) is 6.26 Å². The van der Waals surface area contributed by atoms with E-state index in [4.69, 9.17) is 4.42 Å². The number of hydrogen-bond acceptors (Lipinski definition) is 4. The summed E-state index contributed by atoms with van der Waals surface area (Å²) >= 11 is 0. The van der Waals surface area contributed by atoms with E-state index < -0.39 is 11.4 Å². The van der Waals surface area contributed by atoms with E-state index in [0.29, 0.717) is 24.4 Å². The molecule has 1 aliphatic heterocycles. The summed E-state index contributed by atoms with van der Waals surface area (Å²) in [6.07, 6.45) is 3.53. The second-order valence-corrected chi connectivity index (χ2v) is 5.52. The fourth-order valence-corrected chi connectivity index (χ4v) is 2.47. The Labute approximate surface area is 120 Å². The lowest BCUT2D eigenvalue weighted by Gasteiger charge is -2.19. The maximum atomic E-state index is 12.4. The first-order valence-electron chi connectivity index (χ1n) is 6.60. The van der Waals surface area contributed by atoms with E-state index >= 15 is 0 Å². The minimum absolute atomic E-state index is 0.210. The Balaban J connectivity index is 1.76. The van der Waals surface area contributed by atoms with Crippen molar-refractivity contribution in [2.75, 3.05) is 13.1 Å². The number of carbonyl (C=O) groups is 2. The van der Waals surface area contributed by atoms with E-state index in [1.807, 2.05) is 0 Å². The quantitative estimate of drug-likeness (QED) is 0.894. The van der Waals surface area contributed by atoms with Crippen molar-refractivity contribution in [1.29, 1.82) is 0 Å². The van der Waals surface area contributed by atoms with Gasteiger partial charge in [0.25, 0.3) is 5.91 Å². The minimum Gasteiger partial charge on any atom is -0.481 e. The normalized spacial score (nSPS) is 21.7. The van der Waals surface area contributed by atoms with Crippen LogP contribution < -0.4 is 0 Å². The first-order chi connectivity index (χ1) is 9.99. The van der Waals surface area contributed by atoms with Crippen LogP contribution in [0, 0.1) is 5.41 Å². The zero-order valence-corrected chi connectivity index (χ0v) is 11.5. The third-order valence-electron chi connectivity index (χ3n) is 3.90. The summed E-state index contributed by atoms with van der Waals surface area (Å²) in [6, 6.07) is 3.39. The van der Waals surface area contributed by atoms with Crippen LogP contribution in [0.3, 0.4) is 0 Å². The number of aromatic nitrogens is 2. The molecule has 7 heteroatoms. The molecule has 1 saturated heterocycles. The van der Waals surface area contributed by atoms with Crippen molar-refractivity contribution in [2.45, 2.75) is 13.3 Å². The minimum atomic E-state index is -0.874. The average molecular weight is 289 g/mol. The molecule has 0 aromatic carbocycles.